The van der Waals surface area contributed by atoms with E-state index in [0.29, 0.717) is 10.6 Å². The lowest BCUT2D eigenvalue weighted by Gasteiger charge is -2.24. The van der Waals surface area contributed by atoms with Gasteiger partial charge < -0.3 is 10.6 Å². The van der Waals surface area contributed by atoms with E-state index in [1.165, 1.54) is 0 Å². The third kappa shape index (κ3) is 3.82. The molecule has 2 aromatic carbocycles. The summed E-state index contributed by atoms with van der Waals surface area (Å²) in [5.74, 6) is 0. The Kier molecular flexibility index (Phi) is 5.60. The largest absolute Gasteiger partial charge is 0.376 e. The Morgan fingerprint density at radius 1 is 1.08 bits per heavy atom. The van der Waals surface area contributed by atoms with E-state index in [2.05, 4.69) is 5.32 Å². The van der Waals surface area contributed by atoms with E-state index in [0.717, 1.165) is 16.4 Å². The number of rotatable bonds is 7. The third-order valence-electron chi connectivity index (χ3n) is 3.77. The Morgan fingerprint density at radius 2 is 1.65 bits per heavy atom. The van der Waals surface area contributed by atoms with Crippen molar-refractivity contribution in [3.63, 3.8) is 0 Å². The Hall–Kier alpha value is -2.16. The molecule has 0 heterocycles. The normalized spacial score (nSPS) is 13.3. The maximum absolute atomic E-state index is 13.4. The highest BCUT2D eigenvalue weighted by molar-refractivity contribution is 6.31. The average Bonchev–Trinajstić information content (AvgIpc) is 2.54. The summed E-state index contributed by atoms with van der Waals surface area (Å²) in [4.78, 5) is 23.0. The van der Waals surface area contributed by atoms with Crippen LogP contribution in [-0.2, 0) is 6.54 Å². The van der Waals surface area contributed by atoms with Crippen molar-refractivity contribution in [1.82, 2.24) is 0 Å². The summed E-state index contributed by atoms with van der Waals surface area (Å²) < 4.78 is 64.2. The molecule has 2 aromatic rings. The predicted molar refractivity (Wildman–Crippen MR) is 89.1 cm³/mol. The van der Waals surface area contributed by atoms with Crippen molar-refractivity contribution in [2.24, 2.45) is 0 Å². The van der Waals surface area contributed by atoms with Crippen LogP contribution in [0.4, 0.5) is 33.3 Å². The number of benzene rings is 1. The number of aryl methyl sites for hydroxylation is 2. The molecule has 2 rings (SSSR count). The molecule has 0 saturated heterocycles. The molecule has 1 unspecified atom stereocenters. The van der Waals surface area contributed by atoms with Crippen molar-refractivity contribution in [3.8, 4) is 0 Å². The summed E-state index contributed by atoms with van der Waals surface area (Å²) >= 11 is 6.09. The van der Waals surface area contributed by atoms with Crippen LogP contribution in [0.5, 0.6) is 0 Å². The Labute approximate surface area is 149 Å². The van der Waals surface area contributed by atoms with E-state index < -0.39 is 40.9 Å². The molecular weight excluding hydrogens is 383 g/mol. The summed E-state index contributed by atoms with van der Waals surface area (Å²) in [6, 6.07) is -1.27. The fourth-order valence-corrected chi connectivity index (χ4v) is 2.81. The van der Waals surface area contributed by atoms with Crippen LogP contribution in [0.25, 0.3) is 0 Å². The maximum atomic E-state index is 13.4. The summed E-state index contributed by atoms with van der Waals surface area (Å²) in [6.07, 6.45) is -7.80. The second-order valence-electron chi connectivity index (χ2n) is 5.79. The minimum atomic E-state index is -4.72. The third-order valence-corrected chi connectivity index (χ3v) is 4.11. The summed E-state index contributed by atoms with van der Waals surface area (Å²) in [7, 11) is 0. The van der Waals surface area contributed by atoms with Crippen molar-refractivity contribution in [2.75, 3.05) is 10.6 Å². The zero-order valence-electron chi connectivity index (χ0n) is 13.6. The summed E-state index contributed by atoms with van der Waals surface area (Å²) in [5, 5.41) is 3.94. The van der Waals surface area contributed by atoms with Gasteiger partial charge in [-0.25, -0.2) is 13.2 Å². The van der Waals surface area contributed by atoms with E-state index in [1.54, 1.807) is 19.1 Å². The highest BCUT2D eigenvalue weighted by Crippen LogP contribution is 2.30. The van der Waals surface area contributed by atoms with Gasteiger partial charge in [-0.2, -0.15) is 8.78 Å². The van der Waals surface area contributed by atoms with Gasteiger partial charge in [-0.1, -0.05) is 17.7 Å². The average molecular weight is 397 g/mol. The van der Waals surface area contributed by atoms with Gasteiger partial charge in [-0.3, -0.25) is 9.59 Å². The van der Waals surface area contributed by atoms with Gasteiger partial charge in [-0.15, -0.1) is 0 Å². The van der Waals surface area contributed by atoms with Crippen molar-refractivity contribution < 1.29 is 22.0 Å². The smallest absolute Gasteiger partial charge is 0.360 e. The van der Waals surface area contributed by atoms with Gasteiger partial charge in [0, 0.05) is 11.6 Å². The first-order valence-electron chi connectivity index (χ1n) is 7.36. The van der Waals surface area contributed by atoms with Crippen LogP contribution >= 0.6 is 11.6 Å². The van der Waals surface area contributed by atoms with Crippen LogP contribution in [0.1, 0.15) is 16.7 Å². The Balaban J connectivity index is 2.22. The molecule has 142 valence electrons. The molecule has 0 aliphatic carbocycles. The number of halogens is 6. The monoisotopic (exact) mass is 396 g/mol. The van der Waals surface area contributed by atoms with Crippen LogP contribution in [0.2, 0.25) is 5.02 Å². The van der Waals surface area contributed by atoms with Gasteiger partial charge >= 0.3 is 6.05 Å². The van der Waals surface area contributed by atoms with Gasteiger partial charge in [0.2, 0.25) is 6.17 Å². The lowest BCUT2D eigenvalue weighted by atomic mass is 10.0. The topological polar surface area (TPSA) is 58.2 Å². The standard InChI is InChI=1S/C16H14ClF5N2O2/c1-6-3-7(2)8(9(17)4-6)5-23-10-11(13(26)12(10)25)24-16(21,22)14(18)15(19)20/h3-4,14-15,23-24H,5H2,1-2H3. The lowest BCUT2D eigenvalue weighted by Crippen LogP contribution is -2.47. The molecule has 10 heteroatoms. The summed E-state index contributed by atoms with van der Waals surface area (Å²) in [6.45, 7) is 3.47. The fourth-order valence-electron chi connectivity index (χ4n) is 2.42. The zero-order chi connectivity index (χ0) is 19.8. The number of hydrogen-bond acceptors (Lipinski definition) is 4. The van der Waals surface area contributed by atoms with E-state index >= 15 is 0 Å². The number of nitrogens with one attached hydrogen (secondary N) is 2. The molecule has 0 amide bonds. The van der Waals surface area contributed by atoms with Crippen LogP contribution in [0.3, 0.4) is 0 Å². The van der Waals surface area contributed by atoms with E-state index in [9.17, 15) is 31.5 Å². The van der Waals surface area contributed by atoms with Crippen molar-refractivity contribution in [2.45, 2.75) is 39.0 Å². The molecule has 0 bridgehead atoms. The van der Waals surface area contributed by atoms with Gasteiger partial charge in [0.15, 0.2) is 0 Å². The van der Waals surface area contributed by atoms with Crippen molar-refractivity contribution in [3.05, 3.63) is 54.3 Å². The van der Waals surface area contributed by atoms with Crippen LogP contribution < -0.4 is 21.5 Å². The van der Waals surface area contributed by atoms with E-state index in [-0.39, 0.29) is 6.54 Å². The minimum Gasteiger partial charge on any atom is -0.376 e. The zero-order valence-corrected chi connectivity index (χ0v) is 14.4. The van der Waals surface area contributed by atoms with Gasteiger partial charge in [0.25, 0.3) is 17.3 Å². The Bertz CT molecular complexity index is 870. The first-order chi connectivity index (χ1) is 12.0. The number of alkyl halides is 5. The molecule has 4 nitrogen and oxygen atoms in total. The molecule has 0 aliphatic rings. The molecule has 2 N–H and O–H groups in total. The molecule has 26 heavy (non-hydrogen) atoms. The second-order valence-corrected chi connectivity index (χ2v) is 6.20. The molecule has 0 aliphatic heterocycles. The summed E-state index contributed by atoms with van der Waals surface area (Å²) in [5.41, 5.74) is -1.75. The van der Waals surface area contributed by atoms with Gasteiger partial charge in [0.1, 0.15) is 11.4 Å². The SMILES string of the molecule is Cc1cc(C)c(CNc2c(NC(F)(F)C(F)C(F)F)c(=O)c2=O)c(Cl)c1. The fraction of sp³-hybridized carbons (Fsp3) is 0.375. The number of anilines is 2. The predicted octanol–water partition coefficient (Wildman–Crippen LogP) is 3.77. The first kappa shape index (κ1) is 20.2. The van der Waals surface area contributed by atoms with Crippen molar-refractivity contribution >= 4 is 23.0 Å². The van der Waals surface area contributed by atoms with Crippen molar-refractivity contribution in [1.29, 1.82) is 0 Å². The molecule has 1 atom stereocenters. The Morgan fingerprint density at radius 3 is 2.19 bits per heavy atom. The molecule has 0 fully saturated rings. The number of hydrogen-bond donors (Lipinski definition) is 2. The van der Waals surface area contributed by atoms with Crippen LogP contribution in [0, 0.1) is 13.8 Å². The quantitative estimate of drug-likeness (QED) is 0.425. The van der Waals surface area contributed by atoms with Crippen LogP contribution in [0.15, 0.2) is 21.7 Å². The first-order valence-corrected chi connectivity index (χ1v) is 7.74. The van der Waals surface area contributed by atoms with E-state index in [1.807, 2.05) is 6.92 Å². The molecule has 0 radical (unpaired) electrons. The molecule has 0 saturated carbocycles. The highest BCUT2D eigenvalue weighted by Gasteiger charge is 2.48. The van der Waals surface area contributed by atoms with Gasteiger partial charge in [-0.05, 0) is 36.6 Å². The molecular formula is C16H14ClF5N2O2. The molecule has 0 spiro atoms. The van der Waals surface area contributed by atoms with E-state index in [4.69, 9.17) is 11.6 Å². The maximum Gasteiger partial charge on any atom is 0.360 e. The highest BCUT2D eigenvalue weighted by atomic mass is 35.5. The second kappa shape index (κ2) is 7.22. The van der Waals surface area contributed by atoms with Crippen LogP contribution in [-0.4, -0.2) is 18.6 Å². The van der Waals surface area contributed by atoms with Gasteiger partial charge in [0.05, 0.1) is 0 Å². The minimum absolute atomic E-state index is 0.0794. The lowest BCUT2D eigenvalue weighted by molar-refractivity contribution is -0.108. The molecule has 0 aromatic heterocycles.